The molecule has 0 fully saturated rings. The van der Waals surface area contributed by atoms with E-state index in [1.165, 1.54) is 65.4 Å². The minimum absolute atomic E-state index is 0.0375. The lowest BCUT2D eigenvalue weighted by Crippen LogP contribution is -2.46. The van der Waals surface area contributed by atoms with E-state index in [0.29, 0.717) is 12.1 Å². The lowest BCUT2D eigenvalue weighted by atomic mass is 9.78. The molecule has 1 amide bonds. The monoisotopic (exact) mass is 884 g/mol. The molecule has 15 heteroatoms. The summed E-state index contributed by atoms with van der Waals surface area (Å²) in [7, 11) is 1.43. The Morgan fingerprint density at radius 2 is 1.61 bits per heavy atom. The van der Waals surface area contributed by atoms with E-state index in [1.807, 2.05) is 30.3 Å². The Kier molecular flexibility index (Phi) is 15.7. The first-order valence-electron chi connectivity index (χ1n) is 21.2. The Bertz CT molecular complexity index is 2390. The van der Waals surface area contributed by atoms with Crippen molar-refractivity contribution >= 4 is 45.9 Å². The number of anilines is 1. The highest BCUT2D eigenvalue weighted by Gasteiger charge is 2.50. The Morgan fingerprint density at radius 3 is 2.27 bits per heavy atom. The molecule has 0 spiro atoms. The van der Waals surface area contributed by atoms with Gasteiger partial charge in [-0.15, -0.1) is 0 Å². The van der Waals surface area contributed by atoms with Crippen molar-refractivity contribution in [2.75, 3.05) is 19.0 Å². The summed E-state index contributed by atoms with van der Waals surface area (Å²) in [5.74, 6) is -8.56. The van der Waals surface area contributed by atoms with Gasteiger partial charge in [0.05, 0.1) is 46.9 Å². The zero-order chi connectivity index (χ0) is 47.2. The van der Waals surface area contributed by atoms with Crippen LogP contribution in [0.25, 0.3) is 16.8 Å². The number of hydrogen-bond donors (Lipinski definition) is 6. The highest BCUT2D eigenvalue weighted by Crippen LogP contribution is 2.55. The number of aliphatic hydroxyl groups is 2. The number of hydrogen-bond acceptors (Lipinski definition) is 14. The largest absolute Gasteiger partial charge is 0.507 e. The van der Waals surface area contributed by atoms with E-state index in [-0.39, 0.29) is 51.1 Å². The van der Waals surface area contributed by atoms with E-state index in [9.17, 15) is 39.9 Å². The van der Waals surface area contributed by atoms with Crippen LogP contribution >= 0.6 is 0 Å². The summed E-state index contributed by atoms with van der Waals surface area (Å²) in [5, 5.41) is 64.9. The first-order chi connectivity index (χ1) is 30.2. The van der Waals surface area contributed by atoms with Crippen molar-refractivity contribution in [2.24, 2.45) is 28.8 Å². The fourth-order valence-corrected chi connectivity index (χ4v) is 8.10. The smallest absolute Gasteiger partial charge is 0.312 e. The summed E-state index contributed by atoms with van der Waals surface area (Å²) in [6.07, 6.45) is 6.93. The SMILES string of the molecule is COC1/C=C/OC2(C)Oc3c(C)c(O)c4c(O)c(c(/C=C/C(C)=N/OCCc5ccccc5)c(O)c4c3C2=O)NC(=O)/C(C)=C/C=C/C(C)C(O)C(C)C(O)C(C)C(OC(C)=O)C1C. The van der Waals surface area contributed by atoms with E-state index < -0.39 is 88.8 Å². The maximum atomic E-state index is 14.5. The predicted molar refractivity (Wildman–Crippen MR) is 242 cm³/mol. The third-order valence-corrected chi connectivity index (χ3v) is 12.1. The number of esters is 1. The Labute approximate surface area is 373 Å². The minimum Gasteiger partial charge on any atom is -0.507 e. The molecule has 3 aliphatic heterocycles. The number of benzene rings is 3. The van der Waals surface area contributed by atoms with Gasteiger partial charge in [-0.3, -0.25) is 14.4 Å². The number of aromatic hydroxyl groups is 3. The van der Waals surface area contributed by atoms with Crippen LogP contribution < -0.4 is 10.1 Å². The molecule has 6 rings (SSSR count). The van der Waals surface area contributed by atoms with Crippen LogP contribution in [0.3, 0.4) is 0 Å². The van der Waals surface area contributed by atoms with Crippen LogP contribution in [0.15, 0.2) is 77.7 Å². The average Bonchev–Trinajstić information content (AvgIpc) is 3.53. The number of ketones is 1. The molecule has 3 aromatic rings. The third kappa shape index (κ3) is 10.3. The zero-order valence-electron chi connectivity index (χ0n) is 37.9. The molecule has 3 heterocycles. The Hall–Kier alpha value is -6.16. The van der Waals surface area contributed by atoms with Crippen molar-refractivity contribution in [3.8, 4) is 23.0 Å². The average molecular weight is 885 g/mol. The number of rotatable bonds is 8. The van der Waals surface area contributed by atoms with Crippen LogP contribution in [0.2, 0.25) is 0 Å². The fourth-order valence-electron chi connectivity index (χ4n) is 8.10. The highest BCUT2D eigenvalue weighted by molar-refractivity contribution is 6.23. The quantitative estimate of drug-likeness (QED) is 0.0325. The number of carbonyl (C=O) groups excluding carboxylic acids is 3. The van der Waals surface area contributed by atoms with Crippen LogP contribution in [-0.4, -0.2) is 92.8 Å². The van der Waals surface area contributed by atoms with Crippen LogP contribution in [0.5, 0.6) is 23.0 Å². The van der Waals surface area contributed by atoms with E-state index in [1.54, 1.807) is 46.8 Å². The number of ether oxygens (including phenoxy) is 4. The second-order valence-corrected chi connectivity index (χ2v) is 16.8. The van der Waals surface area contributed by atoms with Crippen molar-refractivity contribution in [3.63, 3.8) is 0 Å². The van der Waals surface area contributed by atoms with Crippen molar-refractivity contribution in [1.82, 2.24) is 0 Å². The summed E-state index contributed by atoms with van der Waals surface area (Å²) in [6.45, 7) is 14.4. The Morgan fingerprint density at radius 1 is 0.922 bits per heavy atom. The molecule has 5 bridgehead atoms. The number of nitrogens with one attached hydrogen (secondary N) is 1. The van der Waals surface area contributed by atoms with Crippen LogP contribution in [0, 0.1) is 30.6 Å². The number of phenols is 3. The molecule has 9 atom stereocenters. The molecule has 64 heavy (non-hydrogen) atoms. The second-order valence-electron chi connectivity index (χ2n) is 16.8. The summed E-state index contributed by atoms with van der Waals surface area (Å²) >= 11 is 0. The number of aliphatic hydroxyl groups excluding tert-OH is 2. The van der Waals surface area contributed by atoms with E-state index in [2.05, 4.69) is 10.5 Å². The third-order valence-electron chi connectivity index (χ3n) is 12.1. The molecule has 3 aliphatic rings. The number of methoxy groups -OCH3 is 1. The normalized spacial score (nSPS) is 28.9. The van der Waals surface area contributed by atoms with E-state index in [4.69, 9.17) is 23.8 Å². The molecular weight excluding hydrogens is 825 g/mol. The molecule has 15 nitrogen and oxygen atoms in total. The van der Waals surface area contributed by atoms with Crippen LogP contribution in [0.4, 0.5) is 5.69 Å². The summed E-state index contributed by atoms with van der Waals surface area (Å²) in [6, 6.07) is 9.70. The fraction of sp³-hybridized carbons (Fsp3) is 0.429. The van der Waals surface area contributed by atoms with Gasteiger partial charge in [0, 0.05) is 73.1 Å². The van der Waals surface area contributed by atoms with Gasteiger partial charge in [-0.25, -0.2) is 0 Å². The van der Waals surface area contributed by atoms with Crippen molar-refractivity contribution < 1.29 is 63.7 Å². The highest BCUT2D eigenvalue weighted by atomic mass is 16.7. The molecule has 0 saturated heterocycles. The topological polar surface area (TPSA) is 223 Å². The molecule has 0 aromatic heterocycles. The number of Topliss-reactive ketones (excluding diaryl/α,β-unsaturated/α-hetero) is 1. The number of nitrogens with zero attached hydrogens (tertiary/aromatic N) is 1. The molecule has 0 saturated carbocycles. The first-order valence-corrected chi connectivity index (χ1v) is 21.2. The molecule has 9 unspecified atom stereocenters. The van der Waals surface area contributed by atoms with Gasteiger partial charge in [0.25, 0.3) is 11.7 Å². The van der Waals surface area contributed by atoms with Gasteiger partial charge >= 0.3 is 11.8 Å². The standard InChI is InChI=1S/C49H60N2O13/c1-25-15-14-16-26(2)48(59)50-39-34(20-19-27(3)51-62-24-21-33-17-12-11-13-18-33)43(56)36-37(44(39)57)42(55)31(7)46-38(36)47(58)49(9,64-46)61-23-22-35(60-10)28(4)45(63-32(8)52)30(6)41(54)29(5)40(25)53/h11-20,22-23,25,28-30,35,40-41,45,53-57H,21,24H2,1-10H3,(H,50,59)/b15-14+,20-19+,23-22+,26-16+,51-27+. The van der Waals surface area contributed by atoms with Gasteiger partial charge in [0.1, 0.15) is 30.0 Å². The van der Waals surface area contributed by atoms with Crippen molar-refractivity contribution in [2.45, 2.75) is 98.9 Å². The van der Waals surface area contributed by atoms with Gasteiger partial charge in [-0.05, 0) is 44.6 Å². The molecular formula is C49H60N2O13. The van der Waals surface area contributed by atoms with Gasteiger partial charge < -0.3 is 54.6 Å². The number of allylic oxidation sites excluding steroid dienone is 3. The summed E-state index contributed by atoms with van der Waals surface area (Å²) in [5.41, 5.74) is 0.972. The molecule has 6 N–H and O–H groups in total. The molecule has 0 radical (unpaired) electrons. The van der Waals surface area contributed by atoms with Gasteiger partial charge in [-0.2, -0.15) is 0 Å². The van der Waals surface area contributed by atoms with E-state index >= 15 is 0 Å². The maximum Gasteiger partial charge on any atom is 0.312 e. The number of oxime groups is 1. The number of carbonyl (C=O) groups is 3. The Balaban J connectivity index is 1.66. The lowest BCUT2D eigenvalue weighted by molar-refractivity contribution is -0.160. The summed E-state index contributed by atoms with van der Waals surface area (Å²) in [4.78, 5) is 46.2. The van der Waals surface area contributed by atoms with Crippen LogP contribution in [0.1, 0.15) is 82.4 Å². The molecule has 3 aromatic carbocycles. The summed E-state index contributed by atoms with van der Waals surface area (Å²) < 4.78 is 23.6. The van der Waals surface area contributed by atoms with E-state index in [0.717, 1.165) is 5.56 Å². The first kappa shape index (κ1) is 48.9. The molecule has 0 aliphatic carbocycles. The van der Waals surface area contributed by atoms with Crippen LogP contribution in [-0.2, 0) is 35.1 Å². The minimum atomic E-state index is -2.07. The molecule has 344 valence electrons. The van der Waals surface area contributed by atoms with Crippen molar-refractivity contribution in [3.05, 3.63) is 94.8 Å². The number of fused-ring (bicyclic) bond motifs is 14. The van der Waals surface area contributed by atoms with Gasteiger partial charge in [0.2, 0.25) is 0 Å². The number of phenolic OH excluding ortho intramolecular Hbond substituents is 3. The van der Waals surface area contributed by atoms with Gasteiger partial charge in [0.15, 0.2) is 5.75 Å². The van der Waals surface area contributed by atoms with Crippen molar-refractivity contribution in [1.29, 1.82) is 0 Å². The second kappa shape index (κ2) is 20.6. The lowest BCUT2D eigenvalue weighted by Gasteiger charge is -2.38. The number of amides is 1. The predicted octanol–water partition coefficient (Wildman–Crippen LogP) is 7.40. The zero-order valence-corrected chi connectivity index (χ0v) is 37.9. The van der Waals surface area contributed by atoms with Gasteiger partial charge in [-0.1, -0.05) is 81.4 Å². The maximum absolute atomic E-state index is 14.5.